The van der Waals surface area contributed by atoms with Crippen LogP contribution in [0.3, 0.4) is 0 Å². The molecule has 2 amide bonds. The highest BCUT2D eigenvalue weighted by Gasteiger charge is 2.42. The number of pyridine rings is 1. The summed E-state index contributed by atoms with van der Waals surface area (Å²) >= 11 is 0. The molecule has 4 heterocycles. The fourth-order valence-electron chi connectivity index (χ4n) is 5.26. The monoisotopic (exact) mass is 515 g/mol. The van der Waals surface area contributed by atoms with E-state index < -0.39 is 11.2 Å². The van der Waals surface area contributed by atoms with Gasteiger partial charge in [0.2, 0.25) is 0 Å². The van der Waals surface area contributed by atoms with E-state index >= 15 is 0 Å². The van der Waals surface area contributed by atoms with Crippen molar-refractivity contribution >= 4 is 34.5 Å². The summed E-state index contributed by atoms with van der Waals surface area (Å²) in [5, 5.41) is 4.27. The lowest BCUT2D eigenvalue weighted by molar-refractivity contribution is -0.128. The first-order valence-corrected chi connectivity index (χ1v) is 12.5. The number of halogens is 1. The normalized spacial score (nSPS) is 21.2. The molecule has 2 aliphatic heterocycles. The van der Waals surface area contributed by atoms with Gasteiger partial charge in [-0.3, -0.25) is 14.6 Å². The summed E-state index contributed by atoms with van der Waals surface area (Å²) in [5.74, 6) is -0.395. The Morgan fingerprint density at radius 2 is 1.92 bits per heavy atom. The summed E-state index contributed by atoms with van der Waals surface area (Å²) < 4.78 is 14.8. The van der Waals surface area contributed by atoms with Crippen molar-refractivity contribution in [1.82, 2.24) is 25.3 Å². The highest BCUT2D eigenvalue weighted by atomic mass is 19.1. The predicted molar refractivity (Wildman–Crippen MR) is 140 cm³/mol. The van der Waals surface area contributed by atoms with Crippen molar-refractivity contribution < 1.29 is 14.0 Å². The second-order valence-electron chi connectivity index (χ2n) is 9.96. The third-order valence-corrected chi connectivity index (χ3v) is 7.51. The summed E-state index contributed by atoms with van der Waals surface area (Å²) in [6.45, 7) is 3.75. The van der Waals surface area contributed by atoms with Crippen LogP contribution in [0.2, 0.25) is 0 Å². The fourth-order valence-corrected chi connectivity index (χ4v) is 5.26. The van der Waals surface area contributed by atoms with Crippen molar-refractivity contribution in [2.45, 2.75) is 19.8 Å². The summed E-state index contributed by atoms with van der Waals surface area (Å²) in [4.78, 5) is 50.8. The molecule has 1 fully saturated rings. The average Bonchev–Trinajstić information content (AvgIpc) is 3.30. The first kappa shape index (κ1) is 23.8. The van der Waals surface area contributed by atoms with Crippen LogP contribution in [0.15, 0.2) is 64.0 Å². The van der Waals surface area contributed by atoms with Gasteiger partial charge in [0, 0.05) is 32.6 Å². The second-order valence-corrected chi connectivity index (χ2v) is 9.96. The molecular weight excluding hydrogens is 489 g/mol. The van der Waals surface area contributed by atoms with E-state index in [1.54, 1.807) is 23.1 Å². The number of carbonyl (C=O) groups is 2. The SMILES string of the molecule is CC12CC=CC=C1C(Cc1ccc(F)c(C(=O)N3CCN(c4ccc5[nH]c(=O)[nH]c5n4)CC3)c1)=NNC2=O. The van der Waals surface area contributed by atoms with Gasteiger partial charge in [0.1, 0.15) is 11.6 Å². The van der Waals surface area contributed by atoms with Crippen LogP contribution >= 0.6 is 0 Å². The Morgan fingerprint density at radius 3 is 2.74 bits per heavy atom. The number of aromatic amines is 2. The largest absolute Gasteiger partial charge is 0.353 e. The van der Waals surface area contributed by atoms with Gasteiger partial charge in [0.15, 0.2) is 5.65 Å². The molecule has 3 aromatic rings. The zero-order chi connectivity index (χ0) is 26.4. The van der Waals surface area contributed by atoms with Gasteiger partial charge < -0.3 is 14.8 Å². The number of aromatic nitrogens is 3. The zero-order valence-electron chi connectivity index (χ0n) is 20.8. The summed E-state index contributed by atoms with van der Waals surface area (Å²) in [6, 6.07) is 8.15. The topological polar surface area (TPSA) is 127 Å². The number of hydrogen-bond donors (Lipinski definition) is 3. The lowest BCUT2D eigenvalue weighted by Gasteiger charge is -2.36. The molecular formula is C27H26FN7O3. The minimum absolute atomic E-state index is 0.0149. The molecule has 6 rings (SSSR count). The molecule has 0 radical (unpaired) electrons. The number of nitrogens with zero attached hydrogens (tertiary/aromatic N) is 4. The number of imidazole rings is 1. The number of piperazine rings is 1. The Bertz CT molecular complexity index is 1610. The lowest BCUT2D eigenvalue weighted by atomic mass is 9.72. The molecule has 1 aromatic carbocycles. The zero-order valence-corrected chi connectivity index (χ0v) is 20.8. The van der Waals surface area contributed by atoms with Gasteiger partial charge in [-0.05, 0) is 48.7 Å². The highest BCUT2D eigenvalue weighted by molar-refractivity contribution is 6.11. The number of hydrogen-bond acceptors (Lipinski definition) is 6. The van der Waals surface area contributed by atoms with Crippen molar-refractivity contribution in [3.05, 3.63) is 81.6 Å². The van der Waals surface area contributed by atoms with Crippen LogP contribution in [0.4, 0.5) is 10.2 Å². The van der Waals surface area contributed by atoms with Gasteiger partial charge in [-0.2, -0.15) is 5.10 Å². The van der Waals surface area contributed by atoms with Crippen LogP contribution < -0.4 is 16.0 Å². The van der Waals surface area contributed by atoms with E-state index in [4.69, 9.17) is 0 Å². The lowest BCUT2D eigenvalue weighted by Crippen LogP contribution is -2.49. The molecule has 1 saturated heterocycles. The van der Waals surface area contributed by atoms with Crippen LogP contribution in [0.5, 0.6) is 0 Å². The van der Waals surface area contributed by atoms with E-state index in [-0.39, 0.29) is 23.1 Å². The van der Waals surface area contributed by atoms with Gasteiger partial charge in [-0.25, -0.2) is 19.6 Å². The van der Waals surface area contributed by atoms with Crippen molar-refractivity contribution in [3.63, 3.8) is 0 Å². The number of nitrogens with one attached hydrogen (secondary N) is 3. The second kappa shape index (κ2) is 9.09. The predicted octanol–water partition coefficient (Wildman–Crippen LogP) is 2.27. The van der Waals surface area contributed by atoms with Crippen molar-refractivity contribution in [1.29, 1.82) is 0 Å². The summed E-state index contributed by atoms with van der Waals surface area (Å²) in [7, 11) is 0. The molecule has 0 saturated carbocycles. The molecule has 10 nitrogen and oxygen atoms in total. The maximum atomic E-state index is 14.8. The van der Waals surface area contributed by atoms with Crippen LogP contribution in [-0.2, 0) is 11.2 Å². The number of hydrazone groups is 1. The Kier molecular flexibility index (Phi) is 5.70. The van der Waals surface area contributed by atoms with Crippen LogP contribution in [-0.4, -0.2) is 63.6 Å². The van der Waals surface area contributed by atoms with E-state index in [9.17, 15) is 18.8 Å². The van der Waals surface area contributed by atoms with E-state index in [1.807, 2.05) is 36.1 Å². The van der Waals surface area contributed by atoms with Gasteiger partial charge >= 0.3 is 5.69 Å². The molecule has 0 bridgehead atoms. The van der Waals surface area contributed by atoms with Crippen LogP contribution in [0.25, 0.3) is 11.2 Å². The Morgan fingerprint density at radius 1 is 1.11 bits per heavy atom. The van der Waals surface area contributed by atoms with Gasteiger partial charge in [0.05, 0.1) is 22.2 Å². The maximum absolute atomic E-state index is 14.8. The molecule has 194 valence electrons. The standard InChI is InChI=1S/C27H26FN7O3/c1-27-9-3-2-4-18(27)21(32-33-25(27)37)15-16-5-6-19(28)17(14-16)24(36)35-12-10-34(11-13-35)22-8-7-20-23(30-22)31-26(38)29-20/h2-8,14H,9-13,15H2,1H3,(H,33,37)(H2,29,30,31,38). The number of rotatable bonds is 4. The summed E-state index contributed by atoms with van der Waals surface area (Å²) in [5.41, 5.74) is 5.01. The number of fused-ring (bicyclic) bond motifs is 2. The van der Waals surface area contributed by atoms with Gasteiger partial charge in [-0.15, -0.1) is 0 Å². The molecule has 2 aromatic heterocycles. The number of anilines is 1. The smallest absolute Gasteiger partial charge is 0.325 e. The number of allylic oxidation sites excluding steroid dienone is 3. The third-order valence-electron chi connectivity index (χ3n) is 7.51. The minimum atomic E-state index is -0.694. The quantitative estimate of drug-likeness (QED) is 0.492. The van der Waals surface area contributed by atoms with Gasteiger partial charge in [0.25, 0.3) is 11.8 Å². The minimum Gasteiger partial charge on any atom is -0.353 e. The number of carbonyl (C=O) groups excluding carboxylic acids is 2. The van der Waals surface area contributed by atoms with Crippen molar-refractivity contribution in [2.75, 3.05) is 31.1 Å². The number of benzene rings is 1. The maximum Gasteiger partial charge on any atom is 0.325 e. The molecule has 1 aliphatic carbocycles. The summed E-state index contributed by atoms with van der Waals surface area (Å²) in [6.07, 6.45) is 6.70. The van der Waals surface area contributed by atoms with Crippen molar-refractivity contribution in [3.8, 4) is 0 Å². The number of H-pyrrole nitrogens is 2. The highest BCUT2D eigenvalue weighted by Crippen LogP contribution is 2.38. The molecule has 1 unspecified atom stereocenters. The average molecular weight is 516 g/mol. The molecule has 0 spiro atoms. The van der Waals surface area contributed by atoms with Gasteiger partial charge in [-0.1, -0.05) is 24.3 Å². The fraction of sp³-hybridized carbons (Fsp3) is 0.296. The van der Waals surface area contributed by atoms with E-state index in [2.05, 4.69) is 25.5 Å². The molecule has 11 heteroatoms. The van der Waals surface area contributed by atoms with Crippen molar-refractivity contribution in [2.24, 2.45) is 10.5 Å². The van der Waals surface area contributed by atoms with E-state index in [0.717, 1.165) is 11.1 Å². The van der Waals surface area contributed by atoms with Crippen LogP contribution in [0, 0.1) is 11.2 Å². The van der Waals surface area contributed by atoms with E-state index in [1.165, 1.54) is 6.07 Å². The Labute approximate surface area is 216 Å². The third kappa shape index (κ3) is 4.09. The van der Waals surface area contributed by atoms with Crippen LogP contribution in [0.1, 0.15) is 29.3 Å². The molecule has 3 N–H and O–H groups in total. The Balaban J connectivity index is 1.17. The Hall–Kier alpha value is -4.54. The molecule has 3 aliphatic rings. The molecule has 38 heavy (non-hydrogen) atoms. The van der Waals surface area contributed by atoms with E-state index in [0.29, 0.717) is 61.7 Å². The number of amides is 2. The first-order valence-electron chi connectivity index (χ1n) is 12.5. The molecule has 1 atom stereocenters. The first-order chi connectivity index (χ1) is 18.3.